The Morgan fingerprint density at radius 1 is 1.12 bits per heavy atom. The van der Waals surface area contributed by atoms with Crippen molar-refractivity contribution in [1.82, 2.24) is 9.97 Å². The van der Waals surface area contributed by atoms with E-state index in [1.807, 2.05) is 19.9 Å². The standard InChI is InChI=1S/C20H18N2OS2/c1-11-12(2)25-20-17(11)19(23)21-18(22-20)13(3)24-16-9-8-14-6-4-5-7-15(14)10-16/h4-10,13H,1-3H3,(H,21,22,23)/t13-/m1/s1. The minimum absolute atomic E-state index is 0.0344. The van der Waals surface area contributed by atoms with Crippen molar-refractivity contribution in [3.05, 3.63) is 69.1 Å². The Balaban J connectivity index is 1.69. The van der Waals surface area contributed by atoms with Gasteiger partial charge in [0.05, 0.1) is 10.6 Å². The molecule has 4 rings (SSSR count). The van der Waals surface area contributed by atoms with E-state index in [1.165, 1.54) is 15.7 Å². The Morgan fingerprint density at radius 3 is 2.68 bits per heavy atom. The average molecular weight is 367 g/mol. The predicted molar refractivity (Wildman–Crippen MR) is 108 cm³/mol. The van der Waals surface area contributed by atoms with Crippen LogP contribution >= 0.6 is 23.1 Å². The molecular formula is C20H18N2OS2. The second-order valence-corrected chi connectivity index (χ2v) is 8.80. The largest absolute Gasteiger partial charge is 0.309 e. The normalized spacial score (nSPS) is 12.8. The number of nitrogens with zero attached hydrogens (tertiary/aromatic N) is 1. The van der Waals surface area contributed by atoms with Gasteiger partial charge in [-0.25, -0.2) is 4.98 Å². The maximum atomic E-state index is 12.5. The summed E-state index contributed by atoms with van der Waals surface area (Å²) in [5.41, 5.74) is 1.00. The Labute approximate surface area is 154 Å². The van der Waals surface area contributed by atoms with Crippen LogP contribution in [0.2, 0.25) is 0 Å². The van der Waals surface area contributed by atoms with Gasteiger partial charge in [0, 0.05) is 9.77 Å². The van der Waals surface area contributed by atoms with E-state index in [2.05, 4.69) is 48.3 Å². The number of nitrogens with one attached hydrogen (secondary N) is 1. The van der Waals surface area contributed by atoms with E-state index in [-0.39, 0.29) is 10.8 Å². The molecule has 0 radical (unpaired) electrons. The summed E-state index contributed by atoms with van der Waals surface area (Å²) in [7, 11) is 0. The highest BCUT2D eigenvalue weighted by atomic mass is 32.2. The SMILES string of the molecule is Cc1sc2nc([C@@H](C)Sc3ccc4ccccc4c3)[nH]c(=O)c2c1C. The van der Waals surface area contributed by atoms with E-state index < -0.39 is 0 Å². The third kappa shape index (κ3) is 2.98. The van der Waals surface area contributed by atoms with E-state index in [0.29, 0.717) is 0 Å². The Morgan fingerprint density at radius 2 is 1.88 bits per heavy atom. The fourth-order valence-corrected chi connectivity index (χ4v) is 4.97. The van der Waals surface area contributed by atoms with Crippen molar-refractivity contribution in [2.24, 2.45) is 0 Å². The molecule has 1 N–H and O–H groups in total. The third-order valence-electron chi connectivity index (χ3n) is 4.48. The molecule has 2 heterocycles. The smallest absolute Gasteiger partial charge is 0.259 e. The molecule has 1 atom stereocenters. The summed E-state index contributed by atoms with van der Waals surface area (Å²) in [6.07, 6.45) is 0. The highest BCUT2D eigenvalue weighted by Gasteiger charge is 2.16. The first-order chi connectivity index (χ1) is 12.0. The summed E-state index contributed by atoms with van der Waals surface area (Å²) in [4.78, 5) is 23.3. The highest BCUT2D eigenvalue weighted by molar-refractivity contribution is 7.99. The number of aromatic amines is 1. The van der Waals surface area contributed by atoms with E-state index in [0.717, 1.165) is 26.5 Å². The lowest BCUT2D eigenvalue weighted by Crippen LogP contribution is -2.12. The van der Waals surface area contributed by atoms with Gasteiger partial charge < -0.3 is 4.98 Å². The number of hydrogen-bond acceptors (Lipinski definition) is 4. The molecule has 0 aliphatic carbocycles. The molecule has 0 amide bonds. The molecule has 0 saturated carbocycles. The second kappa shape index (κ2) is 6.32. The van der Waals surface area contributed by atoms with Crippen LogP contribution < -0.4 is 5.56 Å². The maximum absolute atomic E-state index is 12.5. The van der Waals surface area contributed by atoms with Crippen molar-refractivity contribution < 1.29 is 0 Å². The lowest BCUT2D eigenvalue weighted by molar-refractivity contribution is 0.925. The zero-order valence-corrected chi connectivity index (χ0v) is 15.9. The van der Waals surface area contributed by atoms with Gasteiger partial charge in [0.2, 0.25) is 0 Å². The molecule has 2 aromatic heterocycles. The summed E-state index contributed by atoms with van der Waals surface area (Å²) in [6, 6.07) is 14.8. The van der Waals surface area contributed by atoms with E-state index in [9.17, 15) is 4.79 Å². The first-order valence-electron chi connectivity index (χ1n) is 8.18. The van der Waals surface area contributed by atoms with Crippen molar-refractivity contribution in [3.8, 4) is 0 Å². The fraction of sp³-hybridized carbons (Fsp3) is 0.200. The van der Waals surface area contributed by atoms with Crippen LogP contribution in [0.5, 0.6) is 0 Å². The number of rotatable bonds is 3. The fourth-order valence-electron chi connectivity index (χ4n) is 2.96. The van der Waals surface area contributed by atoms with Gasteiger partial charge in [0.1, 0.15) is 10.7 Å². The molecule has 4 aromatic rings. The molecule has 0 aliphatic heterocycles. The molecule has 0 fully saturated rings. The van der Waals surface area contributed by atoms with E-state index in [1.54, 1.807) is 23.1 Å². The molecule has 2 aromatic carbocycles. The number of H-pyrrole nitrogens is 1. The van der Waals surface area contributed by atoms with Crippen LogP contribution in [0.1, 0.15) is 28.4 Å². The molecule has 0 bridgehead atoms. The predicted octanol–water partition coefficient (Wildman–Crippen LogP) is 5.61. The zero-order valence-electron chi connectivity index (χ0n) is 14.3. The zero-order chi connectivity index (χ0) is 17.6. The van der Waals surface area contributed by atoms with Crippen LogP contribution in [-0.2, 0) is 0 Å². The van der Waals surface area contributed by atoms with Crippen molar-refractivity contribution >= 4 is 44.1 Å². The van der Waals surface area contributed by atoms with Crippen LogP contribution in [-0.4, -0.2) is 9.97 Å². The topological polar surface area (TPSA) is 45.8 Å². The summed E-state index contributed by atoms with van der Waals surface area (Å²) in [5, 5.41) is 3.26. The van der Waals surface area contributed by atoms with Crippen molar-refractivity contribution in [3.63, 3.8) is 0 Å². The van der Waals surface area contributed by atoms with Crippen LogP contribution in [0.25, 0.3) is 21.0 Å². The third-order valence-corrected chi connectivity index (χ3v) is 6.68. The molecule has 0 unspecified atom stereocenters. The monoisotopic (exact) mass is 366 g/mol. The van der Waals surface area contributed by atoms with E-state index in [4.69, 9.17) is 4.98 Å². The molecule has 3 nitrogen and oxygen atoms in total. The van der Waals surface area contributed by atoms with Crippen LogP contribution in [0.3, 0.4) is 0 Å². The van der Waals surface area contributed by atoms with Crippen molar-refractivity contribution in [2.75, 3.05) is 0 Å². The molecule has 0 saturated heterocycles. The first kappa shape index (κ1) is 16.4. The van der Waals surface area contributed by atoms with Gasteiger partial charge in [-0.2, -0.15) is 0 Å². The van der Waals surface area contributed by atoms with Crippen LogP contribution in [0.15, 0.2) is 52.2 Å². The summed E-state index contributed by atoms with van der Waals surface area (Å²) in [6.45, 7) is 6.10. The number of fused-ring (bicyclic) bond motifs is 2. The van der Waals surface area contributed by atoms with Gasteiger partial charge in [-0.1, -0.05) is 30.3 Å². The Bertz CT molecular complexity index is 1140. The summed E-state index contributed by atoms with van der Waals surface area (Å²) < 4.78 is 0. The first-order valence-corrected chi connectivity index (χ1v) is 9.88. The van der Waals surface area contributed by atoms with Crippen LogP contribution in [0, 0.1) is 13.8 Å². The molecule has 0 spiro atoms. The van der Waals surface area contributed by atoms with E-state index >= 15 is 0 Å². The lowest BCUT2D eigenvalue weighted by atomic mass is 10.1. The average Bonchev–Trinajstić information content (AvgIpc) is 2.89. The number of benzene rings is 2. The second-order valence-electron chi connectivity index (χ2n) is 6.18. The minimum Gasteiger partial charge on any atom is -0.309 e. The number of thiophene rings is 1. The molecule has 5 heteroatoms. The van der Waals surface area contributed by atoms with Gasteiger partial charge >= 0.3 is 0 Å². The van der Waals surface area contributed by atoms with Gasteiger partial charge in [-0.05, 0) is 49.2 Å². The number of hydrogen-bond donors (Lipinski definition) is 1. The number of aryl methyl sites for hydroxylation is 2. The van der Waals surface area contributed by atoms with Crippen LogP contribution in [0.4, 0.5) is 0 Å². The number of thioether (sulfide) groups is 1. The molecule has 0 aliphatic rings. The summed E-state index contributed by atoms with van der Waals surface area (Å²) >= 11 is 3.30. The number of aromatic nitrogens is 2. The summed E-state index contributed by atoms with van der Waals surface area (Å²) in [5.74, 6) is 0.733. The minimum atomic E-state index is -0.0344. The molecule has 126 valence electrons. The Kier molecular flexibility index (Phi) is 4.13. The van der Waals surface area contributed by atoms with Gasteiger partial charge in [0.15, 0.2) is 0 Å². The van der Waals surface area contributed by atoms with Gasteiger partial charge in [-0.15, -0.1) is 23.1 Å². The van der Waals surface area contributed by atoms with Crippen molar-refractivity contribution in [2.45, 2.75) is 30.9 Å². The highest BCUT2D eigenvalue weighted by Crippen LogP contribution is 2.35. The Hall–Kier alpha value is -2.11. The van der Waals surface area contributed by atoms with Gasteiger partial charge in [0.25, 0.3) is 5.56 Å². The quantitative estimate of drug-likeness (QED) is 0.480. The molecule has 25 heavy (non-hydrogen) atoms. The van der Waals surface area contributed by atoms with Crippen molar-refractivity contribution in [1.29, 1.82) is 0 Å². The van der Waals surface area contributed by atoms with Gasteiger partial charge in [-0.3, -0.25) is 4.79 Å². The maximum Gasteiger partial charge on any atom is 0.259 e. The molecular weight excluding hydrogens is 348 g/mol. The lowest BCUT2D eigenvalue weighted by Gasteiger charge is -2.11.